The number of nitrogens with zero attached hydrogens (tertiary/aromatic N) is 2. The predicted molar refractivity (Wildman–Crippen MR) is 141 cm³/mol. The van der Waals surface area contributed by atoms with Gasteiger partial charge in [0.2, 0.25) is 0 Å². The fraction of sp³-hybridized carbons (Fsp3) is 0.233. The van der Waals surface area contributed by atoms with Crippen molar-refractivity contribution in [3.63, 3.8) is 0 Å². The minimum Gasteiger partial charge on any atom is -0.479 e. The SMILES string of the molecule is Cc1ccc(C(=O)c2c(C)n(Cc3ccc(C=CCOC(C)(C)C(=O)O)cc3)c3ncccc23)cc1. The summed E-state index contributed by atoms with van der Waals surface area (Å²) in [6.07, 6.45) is 5.45. The van der Waals surface area contributed by atoms with Gasteiger partial charge in [-0.2, -0.15) is 0 Å². The molecule has 0 unspecified atom stereocenters. The number of carboxylic acids is 1. The van der Waals surface area contributed by atoms with Crippen LogP contribution in [0.1, 0.15) is 52.2 Å². The Bertz CT molecular complexity index is 1430. The van der Waals surface area contributed by atoms with Crippen molar-refractivity contribution in [1.82, 2.24) is 9.55 Å². The highest BCUT2D eigenvalue weighted by Crippen LogP contribution is 2.28. The average Bonchev–Trinajstić information content (AvgIpc) is 3.14. The Morgan fingerprint density at radius 3 is 2.39 bits per heavy atom. The predicted octanol–water partition coefficient (Wildman–Crippen LogP) is 5.83. The van der Waals surface area contributed by atoms with Gasteiger partial charge in [0.15, 0.2) is 11.4 Å². The summed E-state index contributed by atoms with van der Waals surface area (Å²) in [6, 6.07) is 19.5. The van der Waals surface area contributed by atoms with E-state index in [0.29, 0.717) is 17.7 Å². The number of rotatable bonds is 9. The molecular formula is C30H30N2O4. The first-order valence-electron chi connectivity index (χ1n) is 11.9. The van der Waals surface area contributed by atoms with E-state index in [1.165, 1.54) is 13.8 Å². The maximum Gasteiger partial charge on any atom is 0.335 e. The molecule has 36 heavy (non-hydrogen) atoms. The molecule has 0 aliphatic rings. The van der Waals surface area contributed by atoms with Gasteiger partial charge in [0.05, 0.1) is 12.2 Å². The number of ketones is 1. The van der Waals surface area contributed by atoms with Gasteiger partial charge in [-0.3, -0.25) is 4.79 Å². The fourth-order valence-corrected chi connectivity index (χ4v) is 4.04. The smallest absolute Gasteiger partial charge is 0.335 e. The zero-order valence-corrected chi connectivity index (χ0v) is 21.0. The number of carbonyl (C=O) groups excluding carboxylic acids is 1. The molecule has 6 heteroatoms. The Hall–Kier alpha value is -4.03. The molecule has 0 bridgehead atoms. The number of carbonyl (C=O) groups is 2. The van der Waals surface area contributed by atoms with Gasteiger partial charge in [-0.25, -0.2) is 9.78 Å². The second-order valence-electron chi connectivity index (χ2n) is 9.39. The highest BCUT2D eigenvalue weighted by atomic mass is 16.5. The van der Waals surface area contributed by atoms with Crippen LogP contribution < -0.4 is 0 Å². The zero-order valence-electron chi connectivity index (χ0n) is 21.0. The molecular weight excluding hydrogens is 452 g/mol. The van der Waals surface area contributed by atoms with Crippen molar-refractivity contribution >= 4 is 28.9 Å². The number of aromatic nitrogens is 2. The number of aliphatic carboxylic acids is 1. The van der Waals surface area contributed by atoms with Gasteiger partial charge in [-0.05, 0) is 51.0 Å². The molecule has 0 aliphatic carbocycles. The van der Waals surface area contributed by atoms with E-state index in [2.05, 4.69) is 9.55 Å². The Morgan fingerprint density at radius 2 is 1.72 bits per heavy atom. The van der Waals surface area contributed by atoms with Crippen molar-refractivity contribution in [1.29, 1.82) is 0 Å². The van der Waals surface area contributed by atoms with Crippen LogP contribution in [-0.4, -0.2) is 38.6 Å². The number of aryl methyl sites for hydroxylation is 1. The van der Waals surface area contributed by atoms with Crippen molar-refractivity contribution in [3.8, 4) is 0 Å². The van der Waals surface area contributed by atoms with Crippen molar-refractivity contribution in [2.24, 2.45) is 0 Å². The maximum absolute atomic E-state index is 13.4. The van der Waals surface area contributed by atoms with Crippen LogP contribution in [0, 0.1) is 13.8 Å². The molecule has 0 radical (unpaired) electrons. The number of carboxylic acid groups (broad SMARTS) is 1. The third-order valence-electron chi connectivity index (χ3n) is 6.31. The average molecular weight is 483 g/mol. The third-order valence-corrected chi connectivity index (χ3v) is 6.31. The maximum atomic E-state index is 13.4. The first kappa shape index (κ1) is 25.1. The highest BCUT2D eigenvalue weighted by molar-refractivity contribution is 6.17. The summed E-state index contributed by atoms with van der Waals surface area (Å²) in [5.74, 6) is -0.996. The van der Waals surface area contributed by atoms with Gasteiger partial charge < -0.3 is 14.4 Å². The van der Waals surface area contributed by atoms with Crippen molar-refractivity contribution in [2.45, 2.75) is 39.8 Å². The molecule has 0 spiro atoms. The lowest BCUT2D eigenvalue weighted by molar-refractivity contribution is -0.159. The molecule has 4 rings (SSSR count). The van der Waals surface area contributed by atoms with Gasteiger partial charge in [-0.15, -0.1) is 0 Å². The molecule has 0 saturated carbocycles. The van der Waals surface area contributed by atoms with Gasteiger partial charge in [0.25, 0.3) is 0 Å². The normalized spacial score (nSPS) is 11.9. The van der Waals surface area contributed by atoms with Gasteiger partial charge in [0.1, 0.15) is 5.65 Å². The van der Waals surface area contributed by atoms with E-state index in [9.17, 15) is 9.59 Å². The summed E-state index contributed by atoms with van der Waals surface area (Å²) in [5, 5.41) is 9.97. The summed E-state index contributed by atoms with van der Waals surface area (Å²) in [6.45, 7) is 7.82. The van der Waals surface area contributed by atoms with Crippen LogP contribution in [0.15, 0.2) is 72.9 Å². The van der Waals surface area contributed by atoms with Crippen LogP contribution in [0.2, 0.25) is 0 Å². The molecule has 0 amide bonds. The molecule has 0 fully saturated rings. The van der Waals surface area contributed by atoms with Crippen LogP contribution >= 0.6 is 0 Å². The molecule has 1 N–H and O–H groups in total. The number of benzene rings is 2. The molecule has 0 atom stereocenters. The van der Waals surface area contributed by atoms with Crippen molar-refractivity contribution < 1.29 is 19.4 Å². The van der Waals surface area contributed by atoms with Crippen LogP contribution in [0.25, 0.3) is 17.1 Å². The number of pyridine rings is 1. The second-order valence-corrected chi connectivity index (χ2v) is 9.39. The lowest BCUT2D eigenvalue weighted by Crippen LogP contribution is -2.34. The molecule has 2 aromatic carbocycles. The first-order valence-corrected chi connectivity index (χ1v) is 11.9. The topological polar surface area (TPSA) is 81.4 Å². The number of fused-ring (bicyclic) bond motifs is 1. The van der Waals surface area contributed by atoms with Crippen molar-refractivity contribution in [3.05, 3.63) is 106 Å². The van der Waals surface area contributed by atoms with E-state index in [4.69, 9.17) is 9.84 Å². The Balaban J connectivity index is 1.55. The highest BCUT2D eigenvalue weighted by Gasteiger charge is 2.27. The fourth-order valence-electron chi connectivity index (χ4n) is 4.04. The van der Waals surface area contributed by atoms with E-state index in [1.807, 2.05) is 80.6 Å². The zero-order chi connectivity index (χ0) is 25.9. The van der Waals surface area contributed by atoms with E-state index in [1.54, 1.807) is 12.3 Å². The minimum absolute atomic E-state index is 0.00182. The monoisotopic (exact) mass is 482 g/mol. The molecule has 4 aromatic rings. The summed E-state index contributed by atoms with van der Waals surface area (Å²) >= 11 is 0. The largest absolute Gasteiger partial charge is 0.479 e. The van der Waals surface area contributed by atoms with Crippen LogP contribution in [0.3, 0.4) is 0 Å². The Morgan fingerprint density at radius 1 is 1.03 bits per heavy atom. The van der Waals surface area contributed by atoms with Crippen LogP contribution in [0.5, 0.6) is 0 Å². The molecule has 2 heterocycles. The molecule has 0 saturated heterocycles. The van der Waals surface area contributed by atoms with E-state index >= 15 is 0 Å². The summed E-state index contributed by atoms with van der Waals surface area (Å²) < 4.78 is 7.49. The molecule has 0 aliphatic heterocycles. The standard InChI is InChI=1S/C30H30N2O4/c1-20-9-15-24(16-10-20)27(33)26-21(2)32(28-25(26)8-5-17-31-28)19-23-13-11-22(12-14-23)7-6-18-36-30(3,4)29(34)35/h5-17H,18-19H2,1-4H3,(H,34,35). The van der Waals surface area contributed by atoms with E-state index < -0.39 is 11.6 Å². The van der Waals surface area contributed by atoms with E-state index in [-0.39, 0.29) is 12.4 Å². The number of hydrogen-bond donors (Lipinski definition) is 1. The second kappa shape index (κ2) is 10.3. The Kier molecular flexibility index (Phi) is 7.17. The number of hydrogen-bond acceptors (Lipinski definition) is 4. The number of ether oxygens (including phenoxy) is 1. The minimum atomic E-state index is -1.22. The van der Waals surface area contributed by atoms with Crippen LogP contribution in [-0.2, 0) is 16.1 Å². The lowest BCUT2D eigenvalue weighted by Gasteiger charge is -2.18. The van der Waals surface area contributed by atoms with Crippen LogP contribution in [0.4, 0.5) is 0 Å². The molecule has 6 nitrogen and oxygen atoms in total. The summed E-state index contributed by atoms with van der Waals surface area (Å²) in [4.78, 5) is 29.2. The summed E-state index contributed by atoms with van der Waals surface area (Å²) in [5.41, 5.74) is 4.98. The van der Waals surface area contributed by atoms with Crippen molar-refractivity contribution in [2.75, 3.05) is 6.61 Å². The third kappa shape index (κ3) is 5.29. The van der Waals surface area contributed by atoms with Gasteiger partial charge in [-0.1, -0.05) is 66.2 Å². The lowest BCUT2D eigenvalue weighted by atomic mass is 10.0. The Labute approximate surface area is 210 Å². The molecule has 2 aromatic heterocycles. The molecule has 184 valence electrons. The van der Waals surface area contributed by atoms with Gasteiger partial charge in [0, 0.05) is 29.4 Å². The van der Waals surface area contributed by atoms with Gasteiger partial charge >= 0.3 is 5.97 Å². The first-order chi connectivity index (χ1) is 17.2. The summed E-state index contributed by atoms with van der Waals surface area (Å²) in [7, 11) is 0. The van der Waals surface area contributed by atoms with E-state index in [0.717, 1.165) is 33.4 Å². The quantitative estimate of drug-likeness (QED) is 0.304.